The molecule has 0 N–H and O–H groups in total. The van der Waals surface area contributed by atoms with Gasteiger partial charge in [-0.15, -0.1) is 11.3 Å². The molecule has 0 atom stereocenters. The van der Waals surface area contributed by atoms with E-state index in [0.29, 0.717) is 32.7 Å². The summed E-state index contributed by atoms with van der Waals surface area (Å²) in [5.74, 6) is 0. The zero-order valence-electron chi connectivity index (χ0n) is 17.3. The zero-order chi connectivity index (χ0) is 24.4. The number of allylic oxidation sites excluding steroid dienone is 2. The van der Waals surface area contributed by atoms with Crippen LogP contribution in [0.4, 0.5) is 13.2 Å². The summed E-state index contributed by atoms with van der Waals surface area (Å²) in [4.78, 5) is 8.09. The summed E-state index contributed by atoms with van der Waals surface area (Å²) >= 11 is 1.33. The smallest absolute Gasteiger partial charge is 0.226 e. The summed E-state index contributed by atoms with van der Waals surface area (Å²) in [5.41, 5.74) is 3.11. The van der Waals surface area contributed by atoms with E-state index >= 15 is 0 Å². The van der Waals surface area contributed by atoms with Crippen LogP contribution in [-0.4, -0.2) is 0 Å². The summed E-state index contributed by atoms with van der Waals surface area (Å²) in [6, 6.07) is 12.7. The lowest BCUT2D eigenvalue weighted by molar-refractivity contribution is -0.137. The van der Waals surface area contributed by atoms with Gasteiger partial charge in [0.1, 0.15) is 0 Å². The Labute approximate surface area is 196 Å². The molecule has 0 saturated carbocycles. The van der Waals surface area contributed by atoms with Gasteiger partial charge >= 0.3 is 6.18 Å². The Morgan fingerprint density at radius 3 is 1.79 bits per heavy atom. The highest BCUT2D eigenvalue weighted by molar-refractivity contribution is 7.20. The third-order valence-corrected chi connectivity index (χ3v) is 7.12. The number of aryl methyl sites for hydroxylation is 1. The summed E-state index contributed by atoms with van der Waals surface area (Å²) in [6.45, 7) is 16.9. The van der Waals surface area contributed by atoms with Crippen LogP contribution in [0, 0.1) is 42.7 Å². The van der Waals surface area contributed by atoms with Crippen LogP contribution in [-0.2, 0) is 6.18 Å². The van der Waals surface area contributed by atoms with Gasteiger partial charge in [-0.05, 0) is 52.4 Å². The molecule has 5 rings (SSSR count). The standard InChI is InChI=1S/C26H9F3N4S/c1-12-4-6-14-16(8-12)20(18(10-30)32-2)22-23-21(19(11-31)33-3)17-9-13(26(27,28)29)5-7-15(17)25(23)34-24(14)22/h4-9H,1H3/b20-18+,21-19-. The van der Waals surface area contributed by atoms with Crippen LogP contribution < -0.4 is 0 Å². The Bertz CT molecular complexity index is 1660. The average molecular weight is 466 g/mol. The highest BCUT2D eigenvalue weighted by Gasteiger charge is 2.41. The molecule has 0 aliphatic heterocycles. The molecule has 0 spiro atoms. The number of benzene rings is 2. The lowest BCUT2D eigenvalue weighted by Crippen LogP contribution is -2.05. The second-order valence-electron chi connectivity index (χ2n) is 7.71. The maximum atomic E-state index is 13.5. The Hall–Kier alpha value is -4.63. The predicted molar refractivity (Wildman–Crippen MR) is 121 cm³/mol. The number of thiophene rings is 1. The fourth-order valence-electron chi connectivity index (χ4n) is 4.51. The second-order valence-corrected chi connectivity index (χ2v) is 8.73. The van der Waals surface area contributed by atoms with Crippen molar-refractivity contribution in [1.82, 2.24) is 0 Å². The molecule has 4 nitrogen and oxygen atoms in total. The minimum absolute atomic E-state index is 0.107. The molecular weight excluding hydrogens is 457 g/mol. The van der Waals surface area contributed by atoms with Gasteiger partial charge in [0.25, 0.3) is 11.4 Å². The third-order valence-electron chi connectivity index (χ3n) is 5.87. The maximum Gasteiger partial charge on any atom is 0.416 e. The van der Waals surface area contributed by atoms with Crippen LogP contribution in [0.25, 0.3) is 41.7 Å². The van der Waals surface area contributed by atoms with Crippen LogP contribution in [0.5, 0.6) is 0 Å². The molecule has 2 aromatic carbocycles. The van der Waals surface area contributed by atoms with E-state index < -0.39 is 11.7 Å². The quantitative estimate of drug-likeness (QED) is 0.176. The van der Waals surface area contributed by atoms with E-state index in [-0.39, 0.29) is 22.5 Å². The highest BCUT2D eigenvalue weighted by atomic mass is 32.1. The fraction of sp³-hybridized carbons (Fsp3) is 0.0769. The third kappa shape index (κ3) is 2.74. The van der Waals surface area contributed by atoms with Crippen molar-refractivity contribution >= 4 is 22.5 Å². The van der Waals surface area contributed by atoms with E-state index in [0.717, 1.165) is 28.1 Å². The number of rotatable bonds is 0. The normalized spacial score (nSPS) is 15.6. The molecule has 2 aliphatic rings. The zero-order valence-corrected chi connectivity index (χ0v) is 18.1. The number of nitriles is 2. The predicted octanol–water partition coefficient (Wildman–Crippen LogP) is 7.44. The van der Waals surface area contributed by atoms with Crippen molar-refractivity contribution in [1.29, 1.82) is 10.5 Å². The summed E-state index contributed by atoms with van der Waals surface area (Å²) in [5, 5.41) is 19.4. The number of hydrogen-bond donors (Lipinski definition) is 0. The number of nitrogens with zero attached hydrogens (tertiary/aromatic N) is 4. The van der Waals surface area contributed by atoms with Gasteiger partial charge in [0.15, 0.2) is 0 Å². The first-order valence-corrected chi connectivity index (χ1v) is 10.6. The molecule has 1 heterocycles. The van der Waals surface area contributed by atoms with Gasteiger partial charge in [0.05, 0.1) is 30.8 Å². The van der Waals surface area contributed by atoms with E-state index in [9.17, 15) is 23.7 Å². The van der Waals surface area contributed by atoms with E-state index in [4.69, 9.17) is 13.1 Å². The van der Waals surface area contributed by atoms with Crippen molar-refractivity contribution in [3.63, 3.8) is 0 Å². The Morgan fingerprint density at radius 1 is 0.824 bits per heavy atom. The molecule has 160 valence electrons. The van der Waals surface area contributed by atoms with Crippen LogP contribution in [0.3, 0.4) is 0 Å². The van der Waals surface area contributed by atoms with Crippen LogP contribution in [0.15, 0.2) is 47.8 Å². The molecule has 0 unspecified atom stereocenters. The van der Waals surface area contributed by atoms with Crippen LogP contribution in [0.1, 0.15) is 33.4 Å². The monoisotopic (exact) mass is 466 g/mol. The first-order valence-electron chi connectivity index (χ1n) is 9.79. The number of halogens is 3. The topological polar surface area (TPSA) is 56.3 Å². The Balaban J connectivity index is 1.95. The first kappa shape index (κ1) is 21.2. The van der Waals surface area contributed by atoms with Crippen molar-refractivity contribution < 1.29 is 13.2 Å². The van der Waals surface area contributed by atoms with E-state index in [1.165, 1.54) is 17.4 Å². The molecule has 2 aliphatic carbocycles. The van der Waals surface area contributed by atoms with Gasteiger partial charge < -0.3 is 0 Å². The summed E-state index contributed by atoms with van der Waals surface area (Å²) < 4.78 is 40.5. The molecule has 0 saturated heterocycles. The first-order chi connectivity index (χ1) is 16.2. The van der Waals surface area contributed by atoms with Crippen molar-refractivity contribution in [2.45, 2.75) is 13.1 Å². The average Bonchev–Trinajstić information content (AvgIpc) is 3.42. The van der Waals surface area contributed by atoms with Gasteiger partial charge in [0.2, 0.25) is 0 Å². The number of alkyl halides is 3. The van der Waals surface area contributed by atoms with Crippen LogP contribution >= 0.6 is 11.3 Å². The lowest BCUT2D eigenvalue weighted by Gasteiger charge is -2.11. The number of fused-ring (bicyclic) bond motifs is 7. The van der Waals surface area contributed by atoms with Gasteiger partial charge in [-0.2, -0.15) is 13.2 Å². The molecule has 1 aromatic heterocycles. The van der Waals surface area contributed by atoms with Crippen LogP contribution in [0.2, 0.25) is 0 Å². The maximum absolute atomic E-state index is 13.5. The van der Waals surface area contributed by atoms with E-state index in [1.807, 2.05) is 37.3 Å². The number of hydrogen-bond acceptors (Lipinski definition) is 3. The molecule has 3 aromatic rings. The minimum Gasteiger partial charge on any atom is -0.226 e. The summed E-state index contributed by atoms with van der Waals surface area (Å²) in [6.07, 6.45) is -4.60. The Morgan fingerprint density at radius 2 is 1.32 bits per heavy atom. The molecule has 8 heteroatoms. The molecule has 34 heavy (non-hydrogen) atoms. The van der Waals surface area contributed by atoms with E-state index in [2.05, 4.69) is 9.69 Å². The van der Waals surface area contributed by atoms with Gasteiger partial charge in [-0.3, -0.25) is 0 Å². The second kappa shape index (κ2) is 7.19. The van der Waals surface area contributed by atoms with Gasteiger partial charge in [-0.1, -0.05) is 29.8 Å². The molecular formula is C26H9F3N4S. The molecule has 0 amide bonds. The van der Waals surface area contributed by atoms with Crippen molar-refractivity contribution in [3.8, 4) is 33.0 Å². The fourth-order valence-corrected chi connectivity index (χ4v) is 5.90. The molecule has 0 fully saturated rings. The lowest BCUT2D eigenvalue weighted by atomic mass is 9.93. The molecule has 0 radical (unpaired) electrons. The SMILES string of the molecule is [C-]#[N+]/C(C#N)=C1/c2cc(C(F)(F)F)ccc2-c2sc3c(c21)/C(=C(\C#N)[N+]#[C-])c1cc(C)ccc1-3. The largest absolute Gasteiger partial charge is 0.416 e. The molecule has 0 bridgehead atoms. The van der Waals surface area contributed by atoms with Gasteiger partial charge in [0, 0.05) is 20.9 Å². The van der Waals surface area contributed by atoms with Crippen molar-refractivity contribution in [2.24, 2.45) is 0 Å². The van der Waals surface area contributed by atoms with Gasteiger partial charge in [-0.25, -0.2) is 20.2 Å². The Kier molecular flexibility index (Phi) is 4.49. The van der Waals surface area contributed by atoms with E-state index in [1.54, 1.807) is 0 Å². The minimum atomic E-state index is -4.60. The highest BCUT2D eigenvalue weighted by Crippen LogP contribution is 2.61. The van der Waals surface area contributed by atoms with Crippen molar-refractivity contribution in [3.05, 3.63) is 104 Å². The van der Waals surface area contributed by atoms with Crippen molar-refractivity contribution in [2.75, 3.05) is 0 Å². The summed E-state index contributed by atoms with van der Waals surface area (Å²) in [7, 11) is 0.